The van der Waals surface area contributed by atoms with Crippen molar-refractivity contribution in [2.75, 3.05) is 6.61 Å². The molecule has 7 heteroatoms. The Bertz CT molecular complexity index is 602. The summed E-state index contributed by atoms with van der Waals surface area (Å²) in [6.45, 7) is 4.55. The van der Waals surface area contributed by atoms with Crippen LogP contribution >= 0.6 is 11.3 Å². The second kappa shape index (κ2) is 5.82. The molecule has 0 amide bonds. The molecule has 0 aliphatic heterocycles. The zero-order chi connectivity index (χ0) is 14.9. The minimum atomic E-state index is -0.378. The first-order valence-electron chi connectivity index (χ1n) is 7.34. The summed E-state index contributed by atoms with van der Waals surface area (Å²) in [4.78, 5) is 8.97. The number of thiazole rings is 1. The van der Waals surface area contributed by atoms with Crippen LogP contribution in [-0.4, -0.2) is 21.7 Å². The van der Waals surface area contributed by atoms with E-state index < -0.39 is 0 Å². The van der Waals surface area contributed by atoms with Gasteiger partial charge < -0.3 is 15.0 Å². The molecule has 0 spiro atoms. The first-order valence-corrected chi connectivity index (χ1v) is 8.22. The Labute approximate surface area is 127 Å². The highest BCUT2D eigenvalue weighted by Gasteiger charge is 2.41. The van der Waals surface area contributed by atoms with Crippen LogP contribution in [0, 0.1) is 0 Å². The van der Waals surface area contributed by atoms with E-state index in [0.717, 1.165) is 30.7 Å². The average molecular weight is 308 g/mol. The van der Waals surface area contributed by atoms with Crippen LogP contribution in [0.2, 0.25) is 0 Å². The van der Waals surface area contributed by atoms with Crippen LogP contribution in [0.3, 0.4) is 0 Å². The lowest BCUT2D eigenvalue weighted by Crippen LogP contribution is -2.27. The Balaban J connectivity index is 1.88. The van der Waals surface area contributed by atoms with Crippen LogP contribution in [0.5, 0.6) is 0 Å². The standard InChI is InChI=1S/C14H20N4O2S/c1-3-19-14(6-4-5-7-14)13-17-11(20-18-13)10-8-21-12(16-10)9(2)15/h8-9H,3-7,15H2,1-2H3. The SMILES string of the molecule is CCOC1(c2noc(-c3csc(C(C)N)n3)n2)CCCC1. The van der Waals surface area contributed by atoms with Crippen LogP contribution in [0.1, 0.15) is 56.4 Å². The quantitative estimate of drug-likeness (QED) is 0.913. The molecule has 1 aliphatic rings. The largest absolute Gasteiger partial charge is 0.367 e. The first kappa shape index (κ1) is 14.6. The molecule has 21 heavy (non-hydrogen) atoms. The van der Waals surface area contributed by atoms with E-state index in [9.17, 15) is 0 Å². The van der Waals surface area contributed by atoms with Crippen molar-refractivity contribution in [2.24, 2.45) is 5.73 Å². The molecular formula is C14H20N4O2S. The second-order valence-corrected chi connectivity index (χ2v) is 6.31. The van der Waals surface area contributed by atoms with Crippen molar-refractivity contribution in [1.82, 2.24) is 15.1 Å². The second-order valence-electron chi connectivity index (χ2n) is 5.42. The van der Waals surface area contributed by atoms with Crippen molar-refractivity contribution in [3.63, 3.8) is 0 Å². The molecule has 2 heterocycles. The predicted octanol–water partition coefficient (Wildman–Crippen LogP) is 3.02. The maximum absolute atomic E-state index is 5.95. The van der Waals surface area contributed by atoms with E-state index in [0.29, 0.717) is 24.0 Å². The lowest BCUT2D eigenvalue weighted by atomic mass is 10.0. The molecule has 1 saturated carbocycles. The lowest BCUT2D eigenvalue weighted by Gasteiger charge is -2.24. The summed E-state index contributed by atoms with van der Waals surface area (Å²) in [5, 5.41) is 6.91. The van der Waals surface area contributed by atoms with Gasteiger partial charge in [0.1, 0.15) is 16.3 Å². The van der Waals surface area contributed by atoms with Crippen LogP contribution in [0.25, 0.3) is 11.6 Å². The highest BCUT2D eigenvalue weighted by molar-refractivity contribution is 7.10. The molecule has 1 unspecified atom stereocenters. The Kier molecular flexibility index (Phi) is 4.05. The van der Waals surface area contributed by atoms with Gasteiger partial charge in [-0.25, -0.2) is 4.98 Å². The summed E-state index contributed by atoms with van der Waals surface area (Å²) in [5.41, 5.74) is 6.14. The molecule has 114 valence electrons. The van der Waals surface area contributed by atoms with Gasteiger partial charge in [-0.1, -0.05) is 5.16 Å². The number of nitrogens with two attached hydrogens (primary N) is 1. The fourth-order valence-electron chi connectivity index (χ4n) is 2.76. The van der Waals surface area contributed by atoms with Gasteiger partial charge in [-0.05, 0) is 39.5 Å². The molecule has 2 aromatic heterocycles. The minimum absolute atomic E-state index is 0.0873. The number of aromatic nitrogens is 3. The third-order valence-electron chi connectivity index (χ3n) is 3.80. The minimum Gasteiger partial charge on any atom is -0.367 e. The molecule has 0 bridgehead atoms. The summed E-state index contributed by atoms with van der Waals surface area (Å²) in [7, 11) is 0. The van der Waals surface area contributed by atoms with Crippen LogP contribution in [0.4, 0.5) is 0 Å². The van der Waals surface area contributed by atoms with Gasteiger partial charge in [0.15, 0.2) is 0 Å². The first-order chi connectivity index (χ1) is 10.1. The van der Waals surface area contributed by atoms with Crippen LogP contribution in [-0.2, 0) is 10.3 Å². The monoisotopic (exact) mass is 308 g/mol. The molecule has 3 rings (SSSR count). The number of nitrogens with zero attached hydrogens (tertiary/aromatic N) is 3. The Morgan fingerprint density at radius 3 is 2.81 bits per heavy atom. The molecule has 0 aromatic carbocycles. The Morgan fingerprint density at radius 2 is 2.19 bits per heavy atom. The van der Waals surface area contributed by atoms with Gasteiger partial charge in [0, 0.05) is 12.0 Å². The number of ether oxygens (including phenoxy) is 1. The number of hydrogen-bond donors (Lipinski definition) is 1. The molecule has 2 aromatic rings. The maximum Gasteiger partial charge on any atom is 0.277 e. The van der Waals surface area contributed by atoms with Gasteiger partial charge >= 0.3 is 0 Å². The zero-order valence-electron chi connectivity index (χ0n) is 12.3. The van der Waals surface area contributed by atoms with Gasteiger partial charge in [0.05, 0.1) is 6.04 Å². The Morgan fingerprint density at radius 1 is 1.43 bits per heavy atom. The molecule has 0 saturated heterocycles. The van der Waals surface area contributed by atoms with E-state index in [4.69, 9.17) is 15.0 Å². The van der Waals surface area contributed by atoms with E-state index in [1.807, 2.05) is 19.2 Å². The lowest BCUT2D eigenvalue weighted by molar-refractivity contribution is -0.0469. The highest BCUT2D eigenvalue weighted by Crippen LogP contribution is 2.41. The molecular weight excluding hydrogens is 288 g/mol. The van der Waals surface area contributed by atoms with Gasteiger partial charge in [-0.3, -0.25) is 0 Å². The summed E-state index contributed by atoms with van der Waals surface area (Å²) in [5.74, 6) is 1.09. The van der Waals surface area contributed by atoms with Gasteiger partial charge in [0.25, 0.3) is 5.89 Å². The van der Waals surface area contributed by atoms with Crippen molar-refractivity contribution in [3.8, 4) is 11.6 Å². The smallest absolute Gasteiger partial charge is 0.277 e. The summed E-state index contributed by atoms with van der Waals surface area (Å²) < 4.78 is 11.3. The zero-order valence-corrected chi connectivity index (χ0v) is 13.2. The predicted molar refractivity (Wildman–Crippen MR) is 79.8 cm³/mol. The Hall–Kier alpha value is -1.31. The third kappa shape index (κ3) is 2.73. The van der Waals surface area contributed by atoms with Crippen molar-refractivity contribution >= 4 is 11.3 Å². The summed E-state index contributed by atoms with van der Waals surface area (Å²) in [6, 6.07) is -0.0873. The highest BCUT2D eigenvalue weighted by atomic mass is 32.1. The molecule has 0 radical (unpaired) electrons. The topological polar surface area (TPSA) is 87.1 Å². The van der Waals surface area contributed by atoms with Gasteiger partial charge in [-0.2, -0.15) is 4.98 Å². The molecule has 1 fully saturated rings. The summed E-state index contributed by atoms with van der Waals surface area (Å²) in [6.07, 6.45) is 4.16. The number of rotatable bonds is 5. The van der Waals surface area contributed by atoms with E-state index in [-0.39, 0.29) is 11.6 Å². The van der Waals surface area contributed by atoms with Crippen LogP contribution in [0.15, 0.2) is 9.90 Å². The van der Waals surface area contributed by atoms with Gasteiger partial charge in [-0.15, -0.1) is 11.3 Å². The van der Waals surface area contributed by atoms with E-state index in [1.165, 1.54) is 11.3 Å². The van der Waals surface area contributed by atoms with E-state index in [2.05, 4.69) is 15.1 Å². The molecule has 1 aliphatic carbocycles. The van der Waals surface area contributed by atoms with Crippen molar-refractivity contribution in [1.29, 1.82) is 0 Å². The van der Waals surface area contributed by atoms with E-state index >= 15 is 0 Å². The fourth-order valence-corrected chi connectivity index (χ4v) is 3.51. The molecule has 2 N–H and O–H groups in total. The maximum atomic E-state index is 5.95. The molecule has 6 nitrogen and oxygen atoms in total. The fraction of sp³-hybridized carbons (Fsp3) is 0.643. The average Bonchev–Trinajstić information content (AvgIpc) is 3.19. The van der Waals surface area contributed by atoms with Gasteiger partial charge in [0.2, 0.25) is 5.82 Å². The molecule has 1 atom stereocenters. The normalized spacial score (nSPS) is 19.0. The summed E-state index contributed by atoms with van der Waals surface area (Å²) >= 11 is 1.51. The van der Waals surface area contributed by atoms with Crippen molar-refractivity contribution < 1.29 is 9.26 Å². The van der Waals surface area contributed by atoms with Crippen molar-refractivity contribution in [3.05, 3.63) is 16.2 Å². The van der Waals surface area contributed by atoms with Crippen LogP contribution < -0.4 is 5.73 Å². The van der Waals surface area contributed by atoms with E-state index in [1.54, 1.807) is 0 Å². The van der Waals surface area contributed by atoms with Crippen molar-refractivity contribution in [2.45, 2.75) is 51.2 Å². The third-order valence-corrected chi connectivity index (χ3v) is 4.84. The number of hydrogen-bond acceptors (Lipinski definition) is 7.